The fraction of sp³-hybridized carbons (Fsp3) is 0.130. The Kier molecular flexibility index (Phi) is 6.11. The zero-order valence-electron chi connectivity index (χ0n) is 16.9. The molecule has 1 heterocycles. The van der Waals surface area contributed by atoms with E-state index in [0.717, 1.165) is 11.1 Å². The van der Waals surface area contributed by atoms with Crippen molar-refractivity contribution in [1.82, 2.24) is 19.7 Å². The van der Waals surface area contributed by atoms with E-state index in [1.807, 2.05) is 61.5 Å². The van der Waals surface area contributed by atoms with Gasteiger partial charge < -0.3 is 4.74 Å². The molecule has 0 saturated carbocycles. The minimum atomic E-state index is -3.78. The van der Waals surface area contributed by atoms with E-state index in [1.54, 1.807) is 24.5 Å². The zero-order chi connectivity index (χ0) is 21.7. The van der Waals surface area contributed by atoms with E-state index < -0.39 is 16.1 Å². The highest BCUT2D eigenvalue weighted by Crippen LogP contribution is 2.25. The van der Waals surface area contributed by atoms with Gasteiger partial charge in [-0.05, 0) is 54.4 Å². The Labute approximate surface area is 181 Å². The smallest absolute Gasteiger partial charge is 0.241 e. The van der Waals surface area contributed by atoms with Crippen LogP contribution >= 0.6 is 0 Å². The fourth-order valence-corrected chi connectivity index (χ4v) is 4.37. The largest absolute Gasteiger partial charge is 0.457 e. The number of hydrogen-bond donors (Lipinski definition) is 1. The third-order valence-corrected chi connectivity index (χ3v) is 6.16. The molecule has 0 radical (unpaired) electrons. The minimum Gasteiger partial charge on any atom is -0.457 e. The molecule has 4 aromatic rings. The van der Waals surface area contributed by atoms with Gasteiger partial charge in [0.1, 0.15) is 11.5 Å². The molecule has 0 saturated heterocycles. The molecule has 158 valence electrons. The van der Waals surface area contributed by atoms with Gasteiger partial charge in [0.2, 0.25) is 10.0 Å². The molecule has 0 fully saturated rings. The van der Waals surface area contributed by atoms with Crippen LogP contribution in [-0.2, 0) is 16.6 Å². The summed E-state index contributed by atoms with van der Waals surface area (Å²) in [6.07, 6.45) is 3.12. The van der Waals surface area contributed by atoms with Crippen molar-refractivity contribution in [3.8, 4) is 11.5 Å². The van der Waals surface area contributed by atoms with Crippen molar-refractivity contribution >= 4 is 10.0 Å². The highest BCUT2D eigenvalue weighted by Gasteiger charge is 2.22. The van der Waals surface area contributed by atoms with E-state index in [1.165, 1.54) is 16.9 Å². The first-order chi connectivity index (χ1) is 15.0. The standard InChI is InChI=1S/C23H22N4O3S/c1-18-6-5-9-21(16-18)30-20-10-12-22(13-11-20)31(28,29)26-23(17-27-24-14-15-25-27)19-7-3-2-4-8-19/h2-16,23,26H,17H2,1H3. The SMILES string of the molecule is Cc1cccc(Oc2ccc(S(=O)(=O)NC(Cn3nccn3)c3ccccc3)cc2)c1. The number of aromatic nitrogens is 3. The summed E-state index contributed by atoms with van der Waals surface area (Å²) >= 11 is 0. The first kappa shape index (κ1) is 20.8. The van der Waals surface area contributed by atoms with Gasteiger partial charge in [0.15, 0.2) is 0 Å². The summed E-state index contributed by atoms with van der Waals surface area (Å²) in [5, 5.41) is 8.19. The molecule has 8 heteroatoms. The Morgan fingerprint density at radius 2 is 1.61 bits per heavy atom. The molecule has 0 aliphatic carbocycles. The Morgan fingerprint density at radius 3 is 2.29 bits per heavy atom. The molecular formula is C23H22N4O3S. The van der Waals surface area contributed by atoms with Crippen molar-refractivity contribution in [2.45, 2.75) is 24.4 Å². The third-order valence-electron chi connectivity index (χ3n) is 4.67. The lowest BCUT2D eigenvalue weighted by atomic mass is 10.1. The van der Waals surface area contributed by atoms with Gasteiger partial charge in [0.05, 0.1) is 29.9 Å². The summed E-state index contributed by atoms with van der Waals surface area (Å²) in [6.45, 7) is 2.25. The number of sulfonamides is 1. The van der Waals surface area contributed by atoms with Gasteiger partial charge in [-0.15, -0.1) is 0 Å². The van der Waals surface area contributed by atoms with Crippen LogP contribution in [0, 0.1) is 6.92 Å². The summed E-state index contributed by atoms with van der Waals surface area (Å²) in [4.78, 5) is 1.61. The van der Waals surface area contributed by atoms with Crippen LogP contribution in [0.3, 0.4) is 0 Å². The quantitative estimate of drug-likeness (QED) is 0.451. The van der Waals surface area contributed by atoms with Crippen LogP contribution in [-0.4, -0.2) is 23.4 Å². The van der Waals surface area contributed by atoms with Crippen molar-refractivity contribution in [3.05, 3.63) is 102 Å². The molecule has 4 rings (SSSR count). The molecule has 1 atom stereocenters. The molecule has 0 spiro atoms. The predicted molar refractivity (Wildman–Crippen MR) is 117 cm³/mol. The number of benzene rings is 3. The molecule has 31 heavy (non-hydrogen) atoms. The summed E-state index contributed by atoms with van der Waals surface area (Å²) in [7, 11) is -3.78. The molecule has 1 N–H and O–H groups in total. The van der Waals surface area contributed by atoms with Crippen molar-refractivity contribution in [1.29, 1.82) is 0 Å². The number of rotatable bonds is 8. The Hall–Kier alpha value is -3.49. The summed E-state index contributed by atoms with van der Waals surface area (Å²) < 4.78 is 34.7. The van der Waals surface area contributed by atoms with Gasteiger partial charge in [-0.2, -0.15) is 15.0 Å². The van der Waals surface area contributed by atoms with E-state index in [0.29, 0.717) is 11.5 Å². The van der Waals surface area contributed by atoms with E-state index >= 15 is 0 Å². The number of nitrogens with one attached hydrogen (secondary N) is 1. The zero-order valence-corrected chi connectivity index (χ0v) is 17.7. The molecule has 1 unspecified atom stereocenters. The molecule has 0 bridgehead atoms. The van der Waals surface area contributed by atoms with E-state index in [-0.39, 0.29) is 11.4 Å². The molecule has 1 aromatic heterocycles. The first-order valence-corrected chi connectivity index (χ1v) is 11.2. The summed E-state index contributed by atoms with van der Waals surface area (Å²) in [5.74, 6) is 1.26. The summed E-state index contributed by atoms with van der Waals surface area (Å²) in [6, 6.07) is 22.8. The third kappa shape index (κ3) is 5.36. The van der Waals surface area contributed by atoms with Crippen molar-refractivity contribution in [2.75, 3.05) is 0 Å². The average molecular weight is 435 g/mol. The topological polar surface area (TPSA) is 86.1 Å². The Bertz CT molecular complexity index is 1230. The number of hydrogen-bond acceptors (Lipinski definition) is 5. The fourth-order valence-electron chi connectivity index (χ4n) is 3.15. The highest BCUT2D eigenvalue weighted by atomic mass is 32.2. The van der Waals surface area contributed by atoms with Crippen LogP contribution in [0.25, 0.3) is 0 Å². The number of ether oxygens (including phenoxy) is 1. The second-order valence-corrected chi connectivity index (χ2v) is 8.77. The number of nitrogens with zero attached hydrogens (tertiary/aromatic N) is 3. The Morgan fingerprint density at radius 1 is 0.903 bits per heavy atom. The molecule has 7 nitrogen and oxygen atoms in total. The average Bonchev–Trinajstić information content (AvgIpc) is 3.27. The van der Waals surface area contributed by atoms with Crippen LogP contribution in [0.15, 0.2) is 96.2 Å². The number of aryl methyl sites for hydroxylation is 1. The molecule has 0 aliphatic heterocycles. The van der Waals surface area contributed by atoms with Crippen LogP contribution in [0.1, 0.15) is 17.2 Å². The van der Waals surface area contributed by atoms with Crippen molar-refractivity contribution < 1.29 is 13.2 Å². The van der Waals surface area contributed by atoms with Gasteiger partial charge in [-0.3, -0.25) is 0 Å². The van der Waals surface area contributed by atoms with Gasteiger partial charge in [0, 0.05) is 0 Å². The predicted octanol–water partition coefficient (Wildman–Crippen LogP) is 4.10. The second kappa shape index (κ2) is 9.11. The second-order valence-electron chi connectivity index (χ2n) is 7.06. The van der Waals surface area contributed by atoms with E-state index in [4.69, 9.17) is 4.74 Å². The van der Waals surface area contributed by atoms with Crippen molar-refractivity contribution in [3.63, 3.8) is 0 Å². The van der Waals surface area contributed by atoms with E-state index in [9.17, 15) is 8.42 Å². The van der Waals surface area contributed by atoms with Gasteiger partial charge in [-0.1, -0.05) is 42.5 Å². The normalized spacial score (nSPS) is 12.4. The van der Waals surface area contributed by atoms with Crippen LogP contribution in [0.4, 0.5) is 0 Å². The van der Waals surface area contributed by atoms with Crippen molar-refractivity contribution in [2.24, 2.45) is 0 Å². The van der Waals surface area contributed by atoms with Gasteiger partial charge in [-0.25, -0.2) is 13.1 Å². The monoisotopic (exact) mass is 434 g/mol. The highest BCUT2D eigenvalue weighted by molar-refractivity contribution is 7.89. The molecule has 3 aromatic carbocycles. The maximum atomic E-state index is 13.1. The Balaban J connectivity index is 1.53. The lowest BCUT2D eigenvalue weighted by Crippen LogP contribution is -2.32. The van der Waals surface area contributed by atoms with Crippen LogP contribution < -0.4 is 9.46 Å². The first-order valence-electron chi connectivity index (χ1n) is 9.75. The van der Waals surface area contributed by atoms with Gasteiger partial charge in [0.25, 0.3) is 0 Å². The van der Waals surface area contributed by atoms with Gasteiger partial charge >= 0.3 is 0 Å². The lowest BCUT2D eigenvalue weighted by molar-refractivity contribution is 0.444. The molecule has 0 aliphatic rings. The molecule has 0 amide bonds. The van der Waals surface area contributed by atoms with Crippen LogP contribution in [0.2, 0.25) is 0 Å². The molecular weight excluding hydrogens is 412 g/mol. The minimum absolute atomic E-state index is 0.151. The van der Waals surface area contributed by atoms with E-state index in [2.05, 4.69) is 14.9 Å². The van der Waals surface area contributed by atoms with Crippen LogP contribution in [0.5, 0.6) is 11.5 Å². The maximum absolute atomic E-state index is 13.1. The maximum Gasteiger partial charge on any atom is 0.241 e. The summed E-state index contributed by atoms with van der Waals surface area (Å²) in [5.41, 5.74) is 1.90. The lowest BCUT2D eigenvalue weighted by Gasteiger charge is -2.19.